The number of phosphoric acid groups is 1. The summed E-state index contributed by atoms with van der Waals surface area (Å²) in [5.41, 5.74) is 0. The van der Waals surface area contributed by atoms with Crippen LogP contribution in [0.2, 0.25) is 0 Å². The van der Waals surface area contributed by atoms with Gasteiger partial charge in [-0.15, -0.1) is 0 Å². The fourth-order valence-electron chi connectivity index (χ4n) is 6.75. The Hall–Kier alpha value is -2.58. The Morgan fingerprint density at radius 2 is 0.953 bits per heavy atom. The summed E-state index contributed by atoms with van der Waals surface area (Å²) in [6, 6.07) is -0.873. The third-order valence-electron chi connectivity index (χ3n) is 10.7. The lowest BCUT2D eigenvalue weighted by molar-refractivity contribution is -0.870. The molecule has 8 nitrogen and oxygen atoms in total. The summed E-state index contributed by atoms with van der Waals surface area (Å²) in [5, 5.41) is 13.8. The van der Waals surface area contributed by atoms with Gasteiger partial charge in [-0.3, -0.25) is 13.8 Å². The van der Waals surface area contributed by atoms with Crippen LogP contribution >= 0.6 is 7.82 Å². The zero-order valence-electron chi connectivity index (χ0n) is 41.7. The van der Waals surface area contributed by atoms with Crippen LogP contribution in [0.5, 0.6) is 0 Å². The number of quaternary nitrogens is 1. The fourth-order valence-corrected chi connectivity index (χ4v) is 7.49. The van der Waals surface area contributed by atoms with Crippen LogP contribution in [-0.2, 0) is 18.4 Å². The van der Waals surface area contributed by atoms with Gasteiger partial charge in [0.1, 0.15) is 13.2 Å². The molecule has 64 heavy (non-hydrogen) atoms. The Morgan fingerprint density at radius 3 is 1.42 bits per heavy atom. The highest BCUT2D eigenvalue weighted by atomic mass is 31.2. The van der Waals surface area contributed by atoms with Crippen molar-refractivity contribution in [3.63, 3.8) is 0 Å². The van der Waals surface area contributed by atoms with E-state index >= 15 is 0 Å². The topological polar surface area (TPSA) is 105 Å². The van der Waals surface area contributed by atoms with Crippen molar-refractivity contribution in [2.75, 3.05) is 40.9 Å². The van der Waals surface area contributed by atoms with E-state index in [0.29, 0.717) is 17.4 Å². The van der Waals surface area contributed by atoms with Gasteiger partial charge in [0.2, 0.25) is 5.91 Å². The highest BCUT2D eigenvalue weighted by molar-refractivity contribution is 7.47. The van der Waals surface area contributed by atoms with Gasteiger partial charge in [0.05, 0.1) is 39.9 Å². The maximum atomic E-state index is 12.9. The van der Waals surface area contributed by atoms with Crippen molar-refractivity contribution in [1.29, 1.82) is 0 Å². The molecule has 3 atom stereocenters. The second-order valence-corrected chi connectivity index (χ2v) is 19.6. The van der Waals surface area contributed by atoms with Crippen molar-refractivity contribution in [3.05, 3.63) is 97.2 Å². The normalized spacial score (nSPS) is 14.9. The Bertz CT molecular complexity index is 1360. The molecule has 0 spiro atoms. The Kier molecular flexibility index (Phi) is 43.7. The SMILES string of the molecule is CC/C=C\C/C=C\C/C=C\C/C=C\C/C=C\CCCCCCCCCCCCCCCCCC(=O)NC(COP(=O)(O)OCC[N+](C)(C)C)C(O)/C=C/CC/C=C/CC/C=C/CCC. The summed E-state index contributed by atoms with van der Waals surface area (Å²) in [6.45, 7) is 4.58. The van der Waals surface area contributed by atoms with Crippen molar-refractivity contribution in [1.82, 2.24) is 5.32 Å². The van der Waals surface area contributed by atoms with Crippen LogP contribution in [0.25, 0.3) is 0 Å². The van der Waals surface area contributed by atoms with Crippen molar-refractivity contribution >= 4 is 13.7 Å². The van der Waals surface area contributed by atoms with Gasteiger partial charge < -0.3 is 19.8 Å². The molecule has 0 saturated carbocycles. The van der Waals surface area contributed by atoms with Crippen molar-refractivity contribution in [3.8, 4) is 0 Å². The van der Waals surface area contributed by atoms with E-state index < -0.39 is 20.0 Å². The van der Waals surface area contributed by atoms with E-state index in [2.05, 4.69) is 104 Å². The molecule has 3 unspecified atom stereocenters. The molecule has 1 amide bonds. The van der Waals surface area contributed by atoms with Gasteiger partial charge in [0.15, 0.2) is 0 Å². The number of aliphatic hydroxyl groups is 1. The van der Waals surface area contributed by atoms with Gasteiger partial charge in [-0.05, 0) is 83.5 Å². The molecule has 0 aromatic heterocycles. The molecule has 0 rings (SSSR count). The fraction of sp³-hybridized carbons (Fsp3) is 0.691. The molecule has 0 heterocycles. The molecular weight excluding hydrogens is 816 g/mol. The summed E-state index contributed by atoms with van der Waals surface area (Å²) in [6.07, 6.45) is 65.1. The number of phosphoric ester groups is 1. The molecule has 3 N–H and O–H groups in total. The van der Waals surface area contributed by atoms with E-state index in [1.54, 1.807) is 6.08 Å². The summed E-state index contributed by atoms with van der Waals surface area (Å²) in [4.78, 5) is 23.2. The van der Waals surface area contributed by atoms with Crippen molar-refractivity contribution in [2.24, 2.45) is 0 Å². The van der Waals surface area contributed by atoms with Crippen molar-refractivity contribution < 1.29 is 32.9 Å². The monoisotopic (exact) mass is 914 g/mol. The predicted octanol–water partition coefficient (Wildman–Crippen LogP) is 15.1. The number of amides is 1. The molecule has 0 saturated heterocycles. The van der Waals surface area contributed by atoms with Gasteiger partial charge in [0.25, 0.3) is 0 Å². The molecular formula is C55H98N2O6P+. The van der Waals surface area contributed by atoms with E-state index in [-0.39, 0.29) is 19.1 Å². The quantitative estimate of drug-likeness (QED) is 0.0243. The summed E-state index contributed by atoms with van der Waals surface area (Å²) >= 11 is 0. The van der Waals surface area contributed by atoms with E-state index in [4.69, 9.17) is 9.05 Å². The maximum Gasteiger partial charge on any atom is 0.472 e. The number of hydrogen-bond donors (Lipinski definition) is 3. The summed E-state index contributed by atoms with van der Waals surface area (Å²) < 4.78 is 23.5. The van der Waals surface area contributed by atoms with Crippen LogP contribution < -0.4 is 5.32 Å². The average Bonchev–Trinajstić information content (AvgIpc) is 3.25. The van der Waals surface area contributed by atoms with Crippen LogP contribution in [0, 0.1) is 0 Å². The van der Waals surface area contributed by atoms with Gasteiger partial charge in [0, 0.05) is 6.42 Å². The molecule has 0 bridgehead atoms. The molecule has 0 aliphatic heterocycles. The van der Waals surface area contributed by atoms with E-state index in [9.17, 15) is 19.4 Å². The number of rotatable bonds is 45. The van der Waals surface area contributed by atoms with Gasteiger partial charge in [-0.25, -0.2) is 4.57 Å². The van der Waals surface area contributed by atoms with E-state index in [1.807, 2.05) is 27.2 Å². The number of carbonyl (C=O) groups is 1. The number of nitrogens with one attached hydrogen (secondary N) is 1. The zero-order chi connectivity index (χ0) is 47.1. The van der Waals surface area contributed by atoms with Crippen LogP contribution in [0.4, 0.5) is 0 Å². The minimum Gasteiger partial charge on any atom is -0.387 e. The third kappa shape index (κ3) is 47.4. The number of unbranched alkanes of at least 4 members (excludes halogenated alkanes) is 18. The number of likely N-dealkylation sites (N-methyl/N-ethyl adjacent to an activating group) is 1. The first-order valence-electron chi connectivity index (χ1n) is 25.6. The molecule has 0 aliphatic carbocycles. The second kappa shape index (κ2) is 45.6. The number of hydrogen-bond acceptors (Lipinski definition) is 5. The molecule has 0 aromatic rings. The Labute approximate surface area is 394 Å². The highest BCUT2D eigenvalue weighted by Crippen LogP contribution is 2.43. The first-order valence-corrected chi connectivity index (χ1v) is 27.1. The number of carbonyl (C=O) groups excluding carboxylic acids is 1. The lowest BCUT2D eigenvalue weighted by Gasteiger charge is -2.25. The van der Waals surface area contributed by atoms with Crippen LogP contribution in [-0.4, -0.2) is 73.4 Å². The van der Waals surface area contributed by atoms with Crippen LogP contribution in [0.1, 0.15) is 194 Å². The second-order valence-electron chi connectivity index (χ2n) is 18.1. The number of nitrogens with zero attached hydrogens (tertiary/aromatic N) is 1. The largest absolute Gasteiger partial charge is 0.472 e. The first kappa shape index (κ1) is 61.4. The van der Waals surface area contributed by atoms with Gasteiger partial charge in [-0.2, -0.15) is 0 Å². The van der Waals surface area contributed by atoms with Gasteiger partial charge >= 0.3 is 7.82 Å². The first-order chi connectivity index (χ1) is 31.0. The number of allylic oxidation sites excluding steroid dienone is 15. The molecule has 0 radical (unpaired) electrons. The molecule has 0 fully saturated rings. The molecule has 0 aliphatic rings. The van der Waals surface area contributed by atoms with Gasteiger partial charge in [-0.1, -0.05) is 201 Å². The number of aliphatic hydroxyl groups excluding tert-OH is 1. The van der Waals surface area contributed by atoms with E-state index in [1.165, 1.54) is 89.9 Å². The summed E-state index contributed by atoms with van der Waals surface area (Å²) in [5.74, 6) is -0.197. The van der Waals surface area contributed by atoms with Crippen molar-refractivity contribution in [2.45, 2.75) is 206 Å². The minimum atomic E-state index is -4.35. The highest BCUT2D eigenvalue weighted by Gasteiger charge is 2.27. The standard InChI is InChI=1S/C55H97N2O6P/c1-6-8-10-12-14-16-18-19-20-21-22-23-24-25-26-27-28-29-30-31-32-33-34-35-36-37-39-41-43-45-47-49-55(59)56-53(52-63-64(60,61)62-51-50-57(3,4)5)54(58)48-46-44-42-40-38-17-15-13-11-9-7-2/h8,10-11,13-14,16,19-20,22-23,25-26,38,40,46,48,53-54,58H,6-7,9,12,15,17-18,21,24,27-37,39,41-45,47,49-52H2,1-5H3,(H-,56,59,60,61)/p+1/b10-8-,13-11+,16-14-,20-19-,23-22-,26-25-,40-38+,48-46+. The lowest BCUT2D eigenvalue weighted by atomic mass is 10.0. The molecule has 9 heteroatoms. The smallest absolute Gasteiger partial charge is 0.387 e. The molecule has 368 valence electrons. The lowest BCUT2D eigenvalue weighted by Crippen LogP contribution is -2.45. The Morgan fingerprint density at radius 1 is 0.547 bits per heavy atom. The van der Waals surface area contributed by atoms with Crippen LogP contribution in [0.3, 0.4) is 0 Å². The van der Waals surface area contributed by atoms with Crippen LogP contribution in [0.15, 0.2) is 97.2 Å². The zero-order valence-corrected chi connectivity index (χ0v) is 42.6. The van der Waals surface area contributed by atoms with E-state index in [0.717, 1.165) is 83.5 Å². The predicted molar refractivity (Wildman–Crippen MR) is 276 cm³/mol. The summed E-state index contributed by atoms with van der Waals surface area (Å²) in [7, 11) is 1.53. The maximum absolute atomic E-state index is 12.9. The molecule has 0 aromatic carbocycles. The minimum absolute atomic E-state index is 0.0496. The average molecular weight is 914 g/mol. The third-order valence-corrected chi connectivity index (χ3v) is 11.7. The Balaban J connectivity index is 4.11.